The van der Waals surface area contributed by atoms with Crippen molar-refractivity contribution in [1.29, 1.82) is 0 Å². The molecule has 3 aliphatic carbocycles. The molecule has 1 aromatic rings. The van der Waals surface area contributed by atoms with Crippen molar-refractivity contribution in [2.75, 3.05) is 14.2 Å². The molecule has 4 rings (SSSR count). The zero-order valence-electron chi connectivity index (χ0n) is 16.5. The minimum absolute atomic E-state index is 0.00942. The molecular weight excluding hydrogens is 392 g/mol. The van der Waals surface area contributed by atoms with E-state index in [9.17, 15) is 29.7 Å². The molecular formula is C21H22N2O7. The molecule has 0 saturated heterocycles. The van der Waals surface area contributed by atoms with E-state index < -0.39 is 45.9 Å². The third-order valence-electron chi connectivity index (χ3n) is 6.62. The molecule has 0 aromatic heterocycles. The van der Waals surface area contributed by atoms with Gasteiger partial charge in [-0.1, -0.05) is 12.1 Å². The van der Waals surface area contributed by atoms with Crippen molar-refractivity contribution in [3.63, 3.8) is 0 Å². The highest BCUT2D eigenvalue weighted by Gasteiger charge is 2.69. The van der Waals surface area contributed by atoms with Crippen molar-refractivity contribution in [2.45, 2.75) is 30.4 Å². The van der Waals surface area contributed by atoms with Gasteiger partial charge >= 0.3 is 0 Å². The van der Waals surface area contributed by atoms with Crippen molar-refractivity contribution >= 4 is 23.2 Å². The van der Waals surface area contributed by atoms with Gasteiger partial charge < -0.3 is 31.1 Å². The van der Waals surface area contributed by atoms with Crippen LogP contribution in [0.4, 0.5) is 0 Å². The van der Waals surface area contributed by atoms with E-state index >= 15 is 0 Å². The Morgan fingerprint density at radius 1 is 1.27 bits per heavy atom. The molecule has 0 bridgehead atoms. The lowest BCUT2D eigenvalue weighted by molar-refractivity contribution is -0.163. The van der Waals surface area contributed by atoms with E-state index in [0.717, 1.165) is 0 Å². The summed E-state index contributed by atoms with van der Waals surface area (Å²) in [7, 11) is 2.78. The first-order chi connectivity index (χ1) is 14.1. The van der Waals surface area contributed by atoms with Crippen molar-refractivity contribution < 1.29 is 34.4 Å². The smallest absolute Gasteiger partial charge is 0.255 e. The number of methoxy groups -OCH3 is 1. The zero-order chi connectivity index (χ0) is 22.0. The van der Waals surface area contributed by atoms with E-state index in [2.05, 4.69) is 5.32 Å². The summed E-state index contributed by atoms with van der Waals surface area (Å²) in [6.45, 7) is 0. The van der Waals surface area contributed by atoms with Crippen LogP contribution in [0.5, 0.6) is 5.75 Å². The van der Waals surface area contributed by atoms with E-state index in [-0.39, 0.29) is 35.5 Å². The van der Waals surface area contributed by atoms with E-state index in [4.69, 9.17) is 10.5 Å². The number of rotatable bonds is 3. The number of likely N-dealkylation sites (N-methyl/N-ethyl adjacent to an activating group) is 1. The van der Waals surface area contributed by atoms with Gasteiger partial charge in [-0.05, 0) is 37.4 Å². The monoisotopic (exact) mass is 414 g/mol. The number of aliphatic hydroxyl groups is 2. The minimum atomic E-state index is -2.67. The number of primary amides is 1. The summed E-state index contributed by atoms with van der Waals surface area (Å²) in [4.78, 5) is 38.7. The van der Waals surface area contributed by atoms with E-state index in [1.807, 2.05) is 0 Å². The van der Waals surface area contributed by atoms with Gasteiger partial charge in [-0.3, -0.25) is 14.4 Å². The number of Topliss-reactive ketones (excluding diaryl/α,β-unsaturated/α-hetero) is 2. The fourth-order valence-corrected chi connectivity index (χ4v) is 5.16. The molecule has 1 aromatic carbocycles. The molecule has 30 heavy (non-hydrogen) atoms. The lowest BCUT2D eigenvalue weighted by Crippen LogP contribution is -2.75. The summed E-state index contributed by atoms with van der Waals surface area (Å²) in [5, 5.41) is 35.5. The summed E-state index contributed by atoms with van der Waals surface area (Å²) >= 11 is 0. The maximum absolute atomic E-state index is 13.6. The number of aliphatic hydroxyl groups excluding tert-OH is 1. The minimum Gasteiger partial charge on any atom is -0.507 e. The standard InChI is InChI=1S/C21H22N2O7/c1-23-20-7-10-6-9-4-3-5-11(24)13(9)16(25)14(10)17(26)21(20,29)18(27)15(19(22)28)12(8-20)30-2/h3-5,10,23-25,29H,6-8H2,1-2H3,(H2,22,28)/t10?,20-,21+/m1/s1. The lowest BCUT2D eigenvalue weighted by Gasteiger charge is -2.54. The van der Waals surface area contributed by atoms with Crippen LogP contribution in [0.25, 0.3) is 5.76 Å². The Morgan fingerprint density at radius 2 is 1.97 bits per heavy atom. The first-order valence-corrected chi connectivity index (χ1v) is 9.45. The molecule has 0 radical (unpaired) electrons. The van der Waals surface area contributed by atoms with Crippen LogP contribution >= 0.6 is 0 Å². The summed E-state index contributed by atoms with van der Waals surface area (Å²) in [5.74, 6) is -4.52. The van der Waals surface area contributed by atoms with Crippen molar-refractivity contribution in [2.24, 2.45) is 11.7 Å². The van der Waals surface area contributed by atoms with Gasteiger partial charge in [0.05, 0.1) is 18.2 Å². The number of fused-ring (bicyclic) bond motifs is 3. The van der Waals surface area contributed by atoms with Gasteiger partial charge in [-0.25, -0.2) is 0 Å². The number of benzene rings is 1. The van der Waals surface area contributed by atoms with Crippen molar-refractivity contribution in [3.8, 4) is 5.75 Å². The van der Waals surface area contributed by atoms with Crippen LogP contribution in [0.15, 0.2) is 35.1 Å². The Balaban J connectivity index is 1.98. The van der Waals surface area contributed by atoms with Crippen LogP contribution in [-0.2, 0) is 25.5 Å². The second kappa shape index (κ2) is 6.41. The van der Waals surface area contributed by atoms with E-state index in [1.165, 1.54) is 20.2 Å². The SMILES string of the molecule is CN[C@]12CC(OC)=C(C(N)=O)C(=O)[C@@]1(O)C(=O)C1=C(O)c3c(O)cccc3CC1C2. The Kier molecular flexibility index (Phi) is 4.30. The highest BCUT2D eigenvalue weighted by Crippen LogP contribution is 2.53. The highest BCUT2D eigenvalue weighted by molar-refractivity contribution is 6.33. The quantitative estimate of drug-likeness (QED) is 0.337. The van der Waals surface area contributed by atoms with Gasteiger partial charge in [0, 0.05) is 12.0 Å². The van der Waals surface area contributed by atoms with Crippen LogP contribution in [0, 0.1) is 5.92 Å². The van der Waals surface area contributed by atoms with Gasteiger partial charge in [0.15, 0.2) is 0 Å². The number of phenolic OH excluding ortho intramolecular Hbond substituents is 1. The van der Waals surface area contributed by atoms with Crippen LogP contribution in [-0.4, -0.2) is 58.1 Å². The van der Waals surface area contributed by atoms with Crippen molar-refractivity contribution in [3.05, 3.63) is 46.2 Å². The maximum Gasteiger partial charge on any atom is 0.255 e. The van der Waals surface area contributed by atoms with Gasteiger partial charge in [0.25, 0.3) is 5.91 Å². The van der Waals surface area contributed by atoms with Crippen LogP contribution in [0.3, 0.4) is 0 Å². The number of hydrogen-bond donors (Lipinski definition) is 5. The lowest BCUT2D eigenvalue weighted by atomic mass is 9.54. The van der Waals surface area contributed by atoms with Gasteiger partial charge in [0.2, 0.25) is 17.2 Å². The molecule has 3 atom stereocenters. The second-order valence-electron chi connectivity index (χ2n) is 7.92. The predicted molar refractivity (Wildman–Crippen MR) is 104 cm³/mol. The number of phenols is 1. The number of amides is 1. The number of carbonyl (C=O) groups excluding carboxylic acids is 3. The fourth-order valence-electron chi connectivity index (χ4n) is 5.16. The number of nitrogens with one attached hydrogen (secondary N) is 1. The summed E-state index contributed by atoms with van der Waals surface area (Å²) in [6.07, 6.45) is 0.297. The Bertz CT molecular complexity index is 1070. The molecule has 3 aliphatic rings. The Labute approximate surface area is 171 Å². The molecule has 0 aliphatic heterocycles. The third kappa shape index (κ3) is 2.27. The Morgan fingerprint density at radius 3 is 2.57 bits per heavy atom. The van der Waals surface area contributed by atoms with E-state index in [0.29, 0.717) is 12.0 Å². The summed E-state index contributed by atoms with van der Waals surface area (Å²) in [6, 6.07) is 4.74. The number of ketones is 2. The predicted octanol–water partition coefficient (Wildman–Crippen LogP) is -0.146. The summed E-state index contributed by atoms with van der Waals surface area (Å²) in [5.41, 5.74) is 1.24. The van der Waals surface area contributed by atoms with Crippen LogP contribution in [0.1, 0.15) is 24.0 Å². The van der Waals surface area contributed by atoms with Crippen LogP contribution < -0.4 is 11.1 Å². The average molecular weight is 414 g/mol. The highest BCUT2D eigenvalue weighted by atomic mass is 16.5. The first-order valence-electron chi connectivity index (χ1n) is 9.45. The number of carbonyl (C=O) groups is 3. The number of nitrogens with two attached hydrogens (primary N) is 1. The molecule has 6 N–H and O–H groups in total. The summed E-state index contributed by atoms with van der Waals surface area (Å²) < 4.78 is 5.22. The van der Waals surface area contributed by atoms with Gasteiger partial charge in [-0.2, -0.15) is 0 Å². The molecule has 9 nitrogen and oxygen atoms in total. The third-order valence-corrected chi connectivity index (χ3v) is 6.62. The first kappa shape index (κ1) is 20.1. The van der Waals surface area contributed by atoms with E-state index in [1.54, 1.807) is 12.1 Å². The second-order valence-corrected chi connectivity index (χ2v) is 7.92. The average Bonchev–Trinajstić information content (AvgIpc) is 2.69. The number of hydrogen-bond acceptors (Lipinski definition) is 8. The largest absolute Gasteiger partial charge is 0.507 e. The molecule has 0 spiro atoms. The normalized spacial score (nSPS) is 30.6. The maximum atomic E-state index is 13.6. The molecule has 1 fully saturated rings. The van der Waals surface area contributed by atoms with Crippen molar-refractivity contribution in [1.82, 2.24) is 5.32 Å². The Hall–Kier alpha value is -3.17. The molecule has 1 amide bonds. The fraction of sp³-hybridized carbons (Fsp3) is 0.381. The molecule has 158 valence electrons. The van der Waals surface area contributed by atoms with Crippen LogP contribution in [0.2, 0.25) is 0 Å². The number of ether oxygens (including phenoxy) is 1. The van der Waals surface area contributed by atoms with Gasteiger partial charge in [0.1, 0.15) is 22.8 Å². The molecule has 1 unspecified atom stereocenters. The zero-order valence-corrected chi connectivity index (χ0v) is 16.5. The topological polar surface area (TPSA) is 159 Å². The number of aromatic hydroxyl groups is 1. The molecule has 1 saturated carbocycles. The molecule has 0 heterocycles. The molecule has 9 heteroatoms. The van der Waals surface area contributed by atoms with Gasteiger partial charge in [-0.15, -0.1) is 0 Å².